The largest absolute Gasteiger partial charge is 0.358 e. The van der Waals surface area contributed by atoms with Gasteiger partial charge in [-0.1, -0.05) is 0 Å². The molecular formula is C24H24FN3O2. The lowest BCUT2D eigenvalue weighted by Crippen LogP contribution is -2.50. The maximum Gasteiger partial charge on any atom is 0.253 e. The molecule has 0 bridgehead atoms. The third-order valence-corrected chi connectivity index (χ3v) is 6.29. The minimum atomic E-state index is -0.359. The summed E-state index contributed by atoms with van der Waals surface area (Å²) in [6.45, 7) is 1.94. The maximum atomic E-state index is 13.1. The number of hydrogen-bond acceptors (Lipinski definition) is 2. The van der Waals surface area contributed by atoms with Crippen LogP contribution in [-0.2, 0) is 12.8 Å². The van der Waals surface area contributed by atoms with Crippen LogP contribution in [0.1, 0.15) is 44.8 Å². The molecule has 0 atom stereocenters. The SMILES string of the molecule is O=C(c1ccc(F)cc1)N1CCN(C(=O)c2ccc3[nH]c4c(c3c2)CCCC4)CC1. The Hall–Kier alpha value is -3.15. The number of piperazine rings is 1. The summed E-state index contributed by atoms with van der Waals surface area (Å²) in [6, 6.07) is 11.5. The third kappa shape index (κ3) is 3.36. The van der Waals surface area contributed by atoms with E-state index in [1.807, 2.05) is 23.1 Å². The van der Waals surface area contributed by atoms with Crippen LogP contribution in [0, 0.1) is 5.82 Å². The molecule has 1 saturated heterocycles. The summed E-state index contributed by atoms with van der Waals surface area (Å²) in [5.74, 6) is -0.471. The predicted octanol–water partition coefficient (Wildman–Crippen LogP) is 3.78. The number of benzene rings is 2. The summed E-state index contributed by atoms with van der Waals surface area (Å²) in [5, 5.41) is 1.17. The molecular weight excluding hydrogens is 381 g/mol. The van der Waals surface area contributed by atoms with Crippen LogP contribution < -0.4 is 0 Å². The quantitative estimate of drug-likeness (QED) is 0.705. The topological polar surface area (TPSA) is 56.4 Å². The Bertz CT molecular complexity index is 1110. The van der Waals surface area contributed by atoms with Gasteiger partial charge in [-0.15, -0.1) is 0 Å². The van der Waals surface area contributed by atoms with Crippen molar-refractivity contribution in [3.8, 4) is 0 Å². The molecule has 154 valence electrons. The monoisotopic (exact) mass is 405 g/mol. The van der Waals surface area contributed by atoms with Crippen LogP contribution in [0.25, 0.3) is 10.9 Å². The molecule has 6 heteroatoms. The number of rotatable bonds is 2. The van der Waals surface area contributed by atoms with Gasteiger partial charge in [0.2, 0.25) is 0 Å². The van der Waals surface area contributed by atoms with E-state index in [0.717, 1.165) is 18.4 Å². The van der Waals surface area contributed by atoms with Crippen LogP contribution >= 0.6 is 0 Å². The fourth-order valence-corrected chi connectivity index (χ4v) is 4.61. The van der Waals surface area contributed by atoms with Gasteiger partial charge in [-0.05, 0) is 73.7 Å². The van der Waals surface area contributed by atoms with Gasteiger partial charge in [-0.2, -0.15) is 0 Å². The van der Waals surface area contributed by atoms with E-state index in [9.17, 15) is 14.0 Å². The zero-order chi connectivity index (χ0) is 20.7. The standard InChI is InChI=1S/C24H24FN3O2/c25-18-8-5-16(6-9-18)23(29)27-11-13-28(14-12-27)24(30)17-7-10-22-20(15-17)19-3-1-2-4-21(19)26-22/h5-10,15,26H,1-4,11-14H2. The van der Waals surface area contributed by atoms with Gasteiger partial charge in [0.25, 0.3) is 11.8 Å². The molecule has 30 heavy (non-hydrogen) atoms. The smallest absolute Gasteiger partial charge is 0.253 e. The van der Waals surface area contributed by atoms with Gasteiger partial charge in [0.05, 0.1) is 0 Å². The third-order valence-electron chi connectivity index (χ3n) is 6.29. The first-order chi connectivity index (χ1) is 14.6. The summed E-state index contributed by atoms with van der Waals surface area (Å²) in [6.07, 6.45) is 4.56. The van der Waals surface area contributed by atoms with E-state index in [1.54, 1.807) is 4.90 Å². The molecule has 5 nitrogen and oxygen atoms in total. The van der Waals surface area contributed by atoms with E-state index in [2.05, 4.69) is 4.98 Å². The summed E-state index contributed by atoms with van der Waals surface area (Å²) in [4.78, 5) is 32.7. The Kier molecular flexibility index (Phi) is 4.77. The van der Waals surface area contributed by atoms with Gasteiger partial charge in [-0.25, -0.2) is 4.39 Å². The van der Waals surface area contributed by atoms with Crippen LogP contribution in [0.15, 0.2) is 42.5 Å². The molecule has 1 aliphatic carbocycles. The Labute approximate surface area is 174 Å². The number of nitrogens with zero attached hydrogens (tertiary/aromatic N) is 2. The summed E-state index contributed by atoms with van der Waals surface area (Å²) in [5.41, 5.74) is 4.95. The van der Waals surface area contributed by atoms with Crippen molar-refractivity contribution in [2.24, 2.45) is 0 Å². The molecule has 5 rings (SSSR count). The molecule has 2 heterocycles. The Morgan fingerprint density at radius 3 is 2.10 bits per heavy atom. The van der Waals surface area contributed by atoms with Gasteiger partial charge < -0.3 is 14.8 Å². The number of hydrogen-bond donors (Lipinski definition) is 1. The second-order valence-electron chi connectivity index (χ2n) is 8.14. The van der Waals surface area contributed by atoms with Gasteiger partial charge in [0, 0.05) is 53.9 Å². The lowest BCUT2D eigenvalue weighted by Gasteiger charge is -2.35. The number of fused-ring (bicyclic) bond motifs is 3. The molecule has 1 N–H and O–H groups in total. The molecule has 1 aromatic heterocycles. The first-order valence-corrected chi connectivity index (χ1v) is 10.6. The molecule has 0 unspecified atom stereocenters. The van der Waals surface area contributed by atoms with Gasteiger partial charge in [-0.3, -0.25) is 9.59 Å². The van der Waals surface area contributed by atoms with Crippen molar-refractivity contribution in [1.82, 2.24) is 14.8 Å². The number of nitrogens with one attached hydrogen (secondary N) is 1. The van der Waals surface area contributed by atoms with E-state index in [4.69, 9.17) is 0 Å². The van der Waals surface area contributed by atoms with Crippen molar-refractivity contribution >= 4 is 22.7 Å². The van der Waals surface area contributed by atoms with Gasteiger partial charge in [0.15, 0.2) is 0 Å². The Morgan fingerprint density at radius 2 is 1.40 bits per heavy atom. The molecule has 0 spiro atoms. The van der Waals surface area contributed by atoms with Crippen molar-refractivity contribution in [3.63, 3.8) is 0 Å². The van der Waals surface area contributed by atoms with Crippen LogP contribution in [0.5, 0.6) is 0 Å². The van der Waals surface area contributed by atoms with Gasteiger partial charge >= 0.3 is 0 Å². The number of aromatic nitrogens is 1. The molecule has 2 aliphatic rings. The molecule has 0 saturated carbocycles. The molecule has 3 aromatic rings. The highest BCUT2D eigenvalue weighted by atomic mass is 19.1. The van der Waals surface area contributed by atoms with Crippen molar-refractivity contribution in [2.45, 2.75) is 25.7 Å². The normalized spacial score (nSPS) is 16.6. The van der Waals surface area contributed by atoms with Gasteiger partial charge in [0.1, 0.15) is 5.82 Å². The first-order valence-electron chi connectivity index (χ1n) is 10.6. The average Bonchev–Trinajstić information content (AvgIpc) is 3.17. The van der Waals surface area contributed by atoms with E-state index in [0.29, 0.717) is 37.3 Å². The van der Waals surface area contributed by atoms with Crippen molar-refractivity contribution in [3.05, 3.63) is 70.7 Å². The van der Waals surface area contributed by atoms with E-state index in [-0.39, 0.29) is 17.6 Å². The van der Waals surface area contributed by atoms with Crippen LogP contribution in [0.4, 0.5) is 4.39 Å². The van der Waals surface area contributed by atoms with Crippen LogP contribution in [0.3, 0.4) is 0 Å². The summed E-state index contributed by atoms with van der Waals surface area (Å²) in [7, 11) is 0. The number of halogens is 1. The fraction of sp³-hybridized carbons (Fsp3) is 0.333. The average molecular weight is 405 g/mol. The highest BCUT2D eigenvalue weighted by molar-refractivity contribution is 5.99. The highest BCUT2D eigenvalue weighted by Gasteiger charge is 2.26. The van der Waals surface area contributed by atoms with E-state index >= 15 is 0 Å². The minimum absolute atomic E-state index is 0.0107. The molecule has 2 aromatic carbocycles. The predicted molar refractivity (Wildman–Crippen MR) is 113 cm³/mol. The van der Waals surface area contributed by atoms with Crippen LogP contribution in [0.2, 0.25) is 0 Å². The first kappa shape index (κ1) is 18.9. The van der Waals surface area contributed by atoms with Crippen molar-refractivity contribution < 1.29 is 14.0 Å². The Balaban J connectivity index is 1.28. The molecule has 0 radical (unpaired) electrons. The Morgan fingerprint density at radius 1 is 0.800 bits per heavy atom. The minimum Gasteiger partial charge on any atom is -0.358 e. The van der Waals surface area contributed by atoms with Crippen molar-refractivity contribution in [1.29, 1.82) is 0 Å². The van der Waals surface area contributed by atoms with Crippen molar-refractivity contribution in [2.75, 3.05) is 26.2 Å². The molecule has 1 aliphatic heterocycles. The molecule has 1 fully saturated rings. The van der Waals surface area contributed by atoms with E-state index in [1.165, 1.54) is 53.8 Å². The highest BCUT2D eigenvalue weighted by Crippen LogP contribution is 2.30. The maximum absolute atomic E-state index is 13.1. The number of aromatic amines is 1. The number of aryl methyl sites for hydroxylation is 2. The second kappa shape index (κ2) is 7.59. The lowest BCUT2D eigenvalue weighted by atomic mass is 9.95. The van der Waals surface area contributed by atoms with E-state index < -0.39 is 0 Å². The van der Waals surface area contributed by atoms with Crippen LogP contribution in [-0.4, -0.2) is 52.8 Å². The number of carbonyl (C=O) groups is 2. The summed E-state index contributed by atoms with van der Waals surface area (Å²) >= 11 is 0. The number of carbonyl (C=O) groups excluding carboxylic acids is 2. The second-order valence-corrected chi connectivity index (χ2v) is 8.14. The number of H-pyrrole nitrogens is 1. The fourth-order valence-electron chi connectivity index (χ4n) is 4.61. The molecule has 2 amide bonds. The lowest BCUT2D eigenvalue weighted by molar-refractivity contribution is 0.0535. The number of amides is 2. The zero-order valence-electron chi connectivity index (χ0n) is 16.8. The summed E-state index contributed by atoms with van der Waals surface area (Å²) < 4.78 is 13.1. The zero-order valence-corrected chi connectivity index (χ0v) is 16.8.